The van der Waals surface area contributed by atoms with Gasteiger partial charge in [0.2, 0.25) is 0 Å². The van der Waals surface area contributed by atoms with Crippen LogP contribution in [0.25, 0.3) is 0 Å². The lowest BCUT2D eigenvalue weighted by Crippen LogP contribution is -2.23. The Labute approximate surface area is 160 Å². The van der Waals surface area contributed by atoms with Gasteiger partial charge < -0.3 is 5.32 Å². The zero-order chi connectivity index (χ0) is 18.5. The van der Waals surface area contributed by atoms with Gasteiger partial charge in [-0.05, 0) is 48.9 Å². The van der Waals surface area contributed by atoms with E-state index in [2.05, 4.69) is 29.6 Å². The van der Waals surface area contributed by atoms with Gasteiger partial charge in [-0.3, -0.25) is 0 Å². The lowest BCUT2D eigenvalue weighted by Gasteiger charge is -2.23. The number of nitrogens with one attached hydrogen (secondary N) is 1. The molecule has 3 heteroatoms. The average molecular weight is 371 g/mol. The zero-order valence-electron chi connectivity index (χ0n) is 14.7. The fourth-order valence-corrected chi connectivity index (χ4v) is 5.47. The molecule has 0 heterocycles. The van der Waals surface area contributed by atoms with E-state index in [0.717, 1.165) is 16.7 Å². The Bertz CT molecular complexity index is 965. The molecule has 1 N–H and O–H groups in total. The maximum atomic E-state index is 14.3. The lowest BCUT2D eigenvalue weighted by molar-refractivity contribution is 0.629. The van der Waals surface area contributed by atoms with E-state index < -0.39 is 7.92 Å². The predicted molar refractivity (Wildman–Crippen MR) is 115 cm³/mol. The second-order valence-electron chi connectivity index (χ2n) is 6.16. The average Bonchev–Trinajstić information content (AvgIpc) is 2.73. The molecule has 0 aliphatic carbocycles. The second kappa shape index (κ2) is 8.16. The summed E-state index contributed by atoms with van der Waals surface area (Å²) in [7, 11) is -0.882. The van der Waals surface area contributed by atoms with Crippen LogP contribution >= 0.6 is 7.92 Å². The van der Waals surface area contributed by atoms with Gasteiger partial charge in [-0.25, -0.2) is 4.39 Å². The van der Waals surface area contributed by atoms with Gasteiger partial charge in [0.1, 0.15) is 5.82 Å². The summed E-state index contributed by atoms with van der Waals surface area (Å²) in [4.78, 5) is 0. The molecule has 0 unspecified atom stereocenters. The smallest absolute Gasteiger partial charge is 0.124 e. The van der Waals surface area contributed by atoms with Crippen molar-refractivity contribution in [3.8, 4) is 0 Å². The predicted octanol–water partition coefficient (Wildman–Crippen LogP) is 5.33. The van der Waals surface area contributed by atoms with Crippen LogP contribution in [0.4, 0.5) is 15.8 Å². The van der Waals surface area contributed by atoms with Gasteiger partial charge in [0, 0.05) is 16.7 Å². The molecule has 27 heavy (non-hydrogen) atoms. The SMILES string of the molecule is Fc1ccc(Nc2ccccc2)c(P(c2ccccc2)c2ccccc2)c1. The fourth-order valence-electron chi connectivity index (χ4n) is 3.05. The summed E-state index contributed by atoms with van der Waals surface area (Å²) >= 11 is 0. The van der Waals surface area contributed by atoms with Crippen molar-refractivity contribution in [1.29, 1.82) is 0 Å². The Kier molecular flexibility index (Phi) is 5.27. The van der Waals surface area contributed by atoms with Crippen LogP contribution in [0.2, 0.25) is 0 Å². The number of rotatable bonds is 5. The van der Waals surface area contributed by atoms with E-state index in [0.29, 0.717) is 0 Å². The minimum absolute atomic E-state index is 0.219. The van der Waals surface area contributed by atoms with E-state index in [-0.39, 0.29) is 5.82 Å². The molecule has 0 saturated carbocycles. The van der Waals surface area contributed by atoms with Crippen molar-refractivity contribution in [1.82, 2.24) is 0 Å². The number of para-hydroxylation sites is 1. The Morgan fingerprint density at radius 3 is 1.67 bits per heavy atom. The molecule has 0 aliphatic rings. The number of anilines is 2. The molecule has 4 aromatic rings. The van der Waals surface area contributed by atoms with E-state index in [1.54, 1.807) is 6.07 Å². The van der Waals surface area contributed by atoms with Gasteiger partial charge in [0.15, 0.2) is 0 Å². The third-order valence-electron chi connectivity index (χ3n) is 4.28. The molecule has 0 amide bonds. The van der Waals surface area contributed by atoms with Crippen LogP contribution in [-0.4, -0.2) is 0 Å². The van der Waals surface area contributed by atoms with E-state index in [9.17, 15) is 4.39 Å². The van der Waals surface area contributed by atoms with Crippen molar-refractivity contribution in [2.45, 2.75) is 0 Å². The Hall–Kier alpha value is -2.96. The highest BCUT2D eigenvalue weighted by Gasteiger charge is 2.20. The Balaban J connectivity index is 1.86. The van der Waals surface area contributed by atoms with Gasteiger partial charge in [0.05, 0.1) is 0 Å². The van der Waals surface area contributed by atoms with Crippen molar-refractivity contribution in [3.63, 3.8) is 0 Å². The van der Waals surface area contributed by atoms with Crippen LogP contribution in [0, 0.1) is 5.82 Å². The second-order valence-corrected chi connectivity index (χ2v) is 8.34. The summed E-state index contributed by atoms with van der Waals surface area (Å²) in [5.41, 5.74) is 1.92. The first kappa shape index (κ1) is 17.5. The highest BCUT2D eigenvalue weighted by molar-refractivity contribution is 7.80. The summed E-state index contributed by atoms with van der Waals surface area (Å²) in [6.07, 6.45) is 0. The van der Waals surface area contributed by atoms with Gasteiger partial charge >= 0.3 is 0 Å². The first-order chi connectivity index (χ1) is 13.3. The fraction of sp³-hybridized carbons (Fsp3) is 0. The standard InChI is InChI=1S/C24H19FNP/c25-19-16-17-23(26-20-10-4-1-5-11-20)24(18-19)27(21-12-6-2-7-13-21)22-14-8-3-9-15-22/h1-18,26H. The summed E-state index contributed by atoms with van der Waals surface area (Å²) in [5.74, 6) is -0.219. The molecule has 0 bridgehead atoms. The van der Waals surface area contributed by atoms with Gasteiger partial charge in [-0.15, -0.1) is 0 Å². The molecule has 0 atom stereocenters. The van der Waals surface area contributed by atoms with Crippen LogP contribution in [0.15, 0.2) is 109 Å². The molecule has 1 nitrogen and oxygen atoms in total. The monoisotopic (exact) mass is 371 g/mol. The maximum absolute atomic E-state index is 14.3. The molecular formula is C24H19FNP. The maximum Gasteiger partial charge on any atom is 0.124 e. The molecule has 0 fully saturated rings. The first-order valence-corrected chi connectivity index (χ1v) is 10.2. The molecule has 0 saturated heterocycles. The number of hydrogen-bond donors (Lipinski definition) is 1. The van der Waals surface area contributed by atoms with Crippen molar-refractivity contribution in [2.24, 2.45) is 0 Å². The van der Waals surface area contributed by atoms with Crippen LogP contribution in [0.3, 0.4) is 0 Å². The number of hydrogen-bond acceptors (Lipinski definition) is 1. The van der Waals surface area contributed by atoms with E-state index in [1.807, 2.05) is 72.8 Å². The van der Waals surface area contributed by atoms with E-state index in [1.165, 1.54) is 16.7 Å². The Morgan fingerprint density at radius 2 is 1.11 bits per heavy atom. The van der Waals surface area contributed by atoms with E-state index in [4.69, 9.17) is 0 Å². The highest BCUT2D eigenvalue weighted by Crippen LogP contribution is 2.36. The van der Waals surface area contributed by atoms with Crippen LogP contribution in [0.5, 0.6) is 0 Å². The van der Waals surface area contributed by atoms with Gasteiger partial charge in [-0.2, -0.15) is 0 Å². The third-order valence-corrected chi connectivity index (χ3v) is 6.76. The summed E-state index contributed by atoms with van der Waals surface area (Å²) in [5, 5.41) is 6.84. The topological polar surface area (TPSA) is 12.0 Å². The van der Waals surface area contributed by atoms with Crippen molar-refractivity contribution < 1.29 is 4.39 Å². The van der Waals surface area contributed by atoms with Gasteiger partial charge in [-0.1, -0.05) is 78.9 Å². The molecule has 4 rings (SSSR count). The first-order valence-electron chi connectivity index (χ1n) is 8.83. The Morgan fingerprint density at radius 1 is 0.593 bits per heavy atom. The molecule has 0 aromatic heterocycles. The lowest BCUT2D eigenvalue weighted by atomic mass is 10.2. The minimum atomic E-state index is -0.882. The zero-order valence-corrected chi connectivity index (χ0v) is 15.6. The van der Waals surface area contributed by atoms with Crippen LogP contribution in [-0.2, 0) is 0 Å². The van der Waals surface area contributed by atoms with Crippen molar-refractivity contribution >= 4 is 35.2 Å². The highest BCUT2D eigenvalue weighted by atomic mass is 31.1. The number of halogens is 1. The number of benzene rings is 4. The third kappa shape index (κ3) is 4.07. The molecule has 0 spiro atoms. The summed E-state index contributed by atoms with van der Waals surface area (Å²) in [6.45, 7) is 0. The van der Waals surface area contributed by atoms with Crippen LogP contribution in [0.1, 0.15) is 0 Å². The molecule has 4 aromatic carbocycles. The van der Waals surface area contributed by atoms with Crippen molar-refractivity contribution in [2.75, 3.05) is 5.32 Å². The quantitative estimate of drug-likeness (QED) is 0.468. The summed E-state index contributed by atoms with van der Waals surface area (Å²) in [6, 6.07) is 35.7. The molecule has 132 valence electrons. The van der Waals surface area contributed by atoms with Crippen molar-refractivity contribution in [3.05, 3.63) is 115 Å². The molecule has 0 radical (unpaired) electrons. The summed E-state index contributed by atoms with van der Waals surface area (Å²) < 4.78 is 14.3. The minimum Gasteiger partial charge on any atom is -0.355 e. The molecule has 0 aliphatic heterocycles. The van der Waals surface area contributed by atoms with Gasteiger partial charge in [0.25, 0.3) is 0 Å². The normalized spacial score (nSPS) is 10.7. The van der Waals surface area contributed by atoms with E-state index >= 15 is 0 Å². The molecular weight excluding hydrogens is 352 g/mol. The van der Waals surface area contributed by atoms with Crippen LogP contribution < -0.4 is 21.2 Å². The largest absolute Gasteiger partial charge is 0.355 e.